The molecule has 2 N–H and O–H groups in total. The molecule has 4 rings (SSSR count). The van der Waals surface area contributed by atoms with Crippen molar-refractivity contribution in [3.63, 3.8) is 0 Å². The van der Waals surface area contributed by atoms with Gasteiger partial charge in [0.2, 0.25) is 0 Å². The molecule has 0 radical (unpaired) electrons. The first kappa shape index (κ1) is 24.9. The van der Waals surface area contributed by atoms with E-state index < -0.39 is 11.6 Å². The van der Waals surface area contributed by atoms with Gasteiger partial charge in [-0.1, -0.05) is 23.7 Å². The Morgan fingerprint density at radius 1 is 0.861 bits per heavy atom. The second-order valence-corrected chi connectivity index (χ2v) is 8.40. The van der Waals surface area contributed by atoms with Crippen molar-refractivity contribution in [3.05, 3.63) is 118 Å². The molecular weight excluding hydrogens is 486 g/mol. The Morgan fingerprint density at radius 2 is 1.67 bits per heavy atom. The van der Waals surface area contributed by atoms with Crippen molar-refractivity contribution in [1.29, 1.82) is 0 Å². The van der Waals surface area contributed by atoms with Gasteiger partial charge in [0.1, 0.15) is 17.4 Å². The van der Waals surface area contributed by atoms with Crippen LogP contribution in [0.3, 0.4) is 0 Å². The summed E-state index contributed by atoms with van der Waals surface area (Å²) in [6, 6.07) is 19.5. The second kappa shape index (κ2) is 10.6. The number of amides is 1. The number of carbonyl (C=O) groups is 2. The molecule has 36 heavy (non-hydrogen) atoms. The summed E-state index contributed by atoms with van der Waals surface area (Å²) in [4.78, 5) is 26.1. The number of carbonyl (C=O) groups excluding carboxylic acids is 2. The molecule has 182 valence electrons. The van der Waals surface area contributed by atoms with Crippen LogP contribution in [0.2, 0.25) is 5.02 Å². The minimum atomic E-state index is -0.758. The molecule has 8 heteroatoms. The lowest BCUT2D eigenvalue weighted by Crippen LogP contribution is -2.14. The topological polar surface area (TPSA) is 67.4 Å². The molecule has 0 aliphatic rings. The van der Waals surface area contributed by atoms with E-state index in [2.05, 4.69) is 10.6 Å². The van der Waals surface area contributed by atoms with Crippen LogP contribution in [0.25, 0.3) is 0 Å². The molecule has 0 bridgehead atoms. The van der Waals surface area contributed by atoms with Crippen molar-refractivity contribution in [2.75, 3.05) is 17.7 Å². The van der Waals surface area contributed by atoms with Crippen LogP contribution in [0.1, 0.15) is 31.8 Å². The summed E-state index contributed by atoms with van der Waals surface area (Å²) in [5.74, 6) is -1.60. The van der Waals surface area contributed by atoms with E-state index in [1.54, 1.807) is 49.4 Å². The highest BCUT2D eigenvalue weighted by Gasteiger charge is 2.18. The Labute approximate surface area is 211 Å². The Morgan fingerprint density at radius 3 is 2.39 bits per heavy atom. The van der Waals surface area contributed by atoms with E-state index in [-0.39, 0.29) is 28.0 Å². The average Bonchev–Trinajstić information content (AvgIpc) is 2.86. The fourth-order valence-corrected chi connectivity index (χ4v) is 3.85. The summed E-state index contributed by atoms with van der Waals surface area (Å²) in [7, 11) is 1.54. The van der Waals surface area contributed by atoms with Gasteiger partial charge in [0.25, 0.3) is 5.91 Å². The maximum Gasteiger partial charge on any atom is 0.255 e. The first-order chi connectivity index (χ1) is 17.2. The number of hydrogen-bond donors (Lipinski definition) is 2. The molecular formula is C28H21ClF2N2O3. The number of benzene rings is 4. The lowest BCUT2D eigenvalue weighted by atomic mass is 9.96. The van der Waals surface area contributed by atoms with Crippen LogP contribution >= 0.6 is 11.6 Å². The van der Waals surface area contributed by atoms with Crippen molar-refractivity contribution < 1.29 is 23.1 Å². The minimum absolute atomic E-state index is 0.0668. The lowest BCUT2D eigenvalue weighted by molar-refractivity contribution is 0.102. The number of hydrogen-bond acceptors (Lipinski definition) is 4. The highest BCUT2D eigenvalue weighted by Crippen LogP contribution is 2.28. The number of rotatable bonds is 7. The Kier molecular flexibility index (Phi) is 7.31. The van der Waals surface area contributed by atoms with Crippen molar-refractivity contribution >= 4 is 40.4 Å². The van der Waals surface area contributed by atoms with E-state index in [4.69, 9.17) is 16.3 Å². The van der Waals surface area contributed by atoms with Gasteiger partial charge >= 0.3 is 0 Å². The molecule has 0 aliphatic heterocycles. The maximum atomic E-state index is 14.0. The van der Waals surface area contributed by atoms with Gasteiger partial charge in [0.05, 0.1) is 17.8 Å². The maximum absolute atomic E-state index is 14.0. The molecule has 0 heterocycles. The smallest absolute Gasteiger partial charge is 0.255 e. The quantitative estimate of drug-likeness (QED) is 0.261. The highest BCUT2D eigenvalue weighted by molar-refractivity contribution is 6.35. The first-order valence-corrected chi connectivity index (χ1v) is 11.3. The highest BCUT2D eigenvalue weighted by atomic mass is 35.5. The molecule has 0 fully saturated rings. The van der Waals surface area contributed by atoms with E-state index in [1.165, 1.54) is 31.4 Å². The monoisotopic (exact) mass is 506 g/mol. The van der Waals surface area contributed by atoms with Gasteiger partial charge < -0.3 is 15.4 Å². The van der Waals surface area contributed by atoms with E-state index >= 15 is 0 Å². The molecule has 0 spiro atoms. The lowest BCUT2D eigenvalue weighted by Gasteiger charge is -2.12. The van der Waals surface area contributed by atoms with Crippen molar-refractivity contribution in [1.82, 2.24) is 0 Å². The number of methoxy groups -OCH3 is 1. The van der Waals surface area contributed by atoms with Gasteiger partial charge in [-0.25, -0.2) is 8.78 Å². The molecule has 0 aliphatic carbocycles. The first-order valence-electron chi connectivity index (χ1n) is 10.9. The number of halogens is 3. The average molecular weight is 507 g/mol. The SMILES string of the molecule is COc1cccc(NC(=O)c2ccc(C)c(C(=O)c3ccc(Nc4ccc(F)cc4F)cc3Cl)c2)c1. The molecule has 0 unspecified atom stereocenters. The third kappa shape index (κ3) is 5.53. The number of nitrogens with one attached hydrogen (secondary N) is 2. The van der Waals surface area contributed by atoms with Gasteiger partial charge in [0.15, 0.2) is 5.78 Å². The molecule has 0 saturated heterocycles. The summed E-state index contributed by atoms with van der Waals surface area (Å²) in [5.41, 5.74) is 2.55. The van der Waals surface area contributed by atoms with E-state index in [0.29, 0.717) is 33.8 Å². The standard InChI is InChI=1S/C28H21ClF2N2O3/c1-16-6-7-17(28(35)33-19-4-3-5-21(14-19)36-2)12-23(16)27(34)22-10-9-20(15-24(22)29)32-26-11-8-18(30)13-25(26)31/h3-15,32H,1-2H3,(H,33,35). The fourth-order valence-electron chi connectivity index (χ4n) is 3.58. The Bertz CT molecular complexity index is 1470. The number of ketones is 1. The molecule has 5 nitrogen and oxygen atoms in total. The zero-order chi connectivity index (χ0) is 25.8. The number of aryl methyl sites for hydroxylation is 1. The summed E-state index contributed by atoms with van der Waals surface area (Å²) < 4.78 is 32.3. The molecule has 1 amide bonds. The van der Waals surface area contributed by atoms with Crippen molar-refractivity contribution in [3.8, 4) is 5.75 Å². The van der Waals surface area contributed by atoms with Gasteiger partial charge in [0, 0.05) is 40.2 Å². The predicted octanol–water partition coefficient (Wildman–Crippen LogP) is 7.16. The molecule has 4 aromatic rings. The third-order valence-corrected chi connectivity index (χ3v) is 5.81. The van der Waals surface area contributed by atoms with E-state index in [1.807, 2.05) is 0 Å². The van der Waals surface area contributed by atoms with Gasteiger partial charge in [-0.05, 0) is 67.1 Å². The van der Waals surface area contributed by atoms with Crippen molar-refractivity contribution in [2.45, 2.75) is 6.92 Å². The largest absolute Gasteiger partial charge is 0.497 e. The van der Waals surface area contributed by atoms with Gasteiger partial charge in [-0.2, -0.15) is 0 Å². The zero-order valence-corrected chi connectivity index (χ0v) is 20.1. The van der Waals surface area contributed by atoms with E-state index in [9.17, 15) is 18.4 Å². The minimum Gasteiger partial charge on any atom is -0.497 e. The molecule has 4 aromatic carbocycles. The summed E-state index contributed by atoms with van der Waals surface area (Å²) >= 11 is 6.39. The van der Waals surface area contributed by atoms with Crippen LogP contribution in [0.4, 0.5) is 25.8 Å². The van der Waals surface area contributed by atoms with Crippen LogP contribution in [0.5, 0.6) is 5.75 Å². The second-order valence-electron chi connectivity index (χ2n) is 7.99. The Balaban J connectivity index is 1.56. The summed E-state index contributed by atoms with van der Waals surface area (Å²) in [6.45, 7) is 1.76. The third-order valence-electron chi connectivity index (χ3n) is 5.50. The molecule has 0 aromatic heterocycles. The van der Waals surface area contributed by atoms with Crippen molar-refractivity contribution in [2.24, 2.45) is 0 Å². The summed E-state index contributed by atoms with van der Waals surface area (Å²) in [5, 5.41) is 5.74. The van der Waals surface area contributed by atoms with Gasteiger partial charge in [-0.3, -0.25) is 9.59 Å². The molecule has 0 atom stereocenters. The Hall–Kier alpha value is -4.23. The van der Waals surface area contributed by atoms with Crippen LogP contribution < -0.4 is 15.4 Å². The van der Waals surface area contributed by atoms with Crippen LogP contribution in [0, 0.1) is 18.6 Å². The number of anilines is 3. The zero-order valence-electron chi connectivity index (χ0n) is 19.4. The fraction of sp³-hybridized carbons (Fsp3) is 0.0714. The van der Waals surface area contributed by atoms with Crippen LogP contribution in [-0.2, 0) is 0 Å². The normalized spacial score (nSPS) is 10.6. The van der Waals surface area contributed by atoms with E-state index in [0.717, 1.165) is 12.1 Å². The van der Waals surface area contributed by atoms with Crippen LogP contribution in [-0.4, -0.2) is 18.8 Å². The number of ether oxygens (including phenoxy) is 1. The molecule has 0 saturated carbocycles. The summed E-state index contributed by atoms with van der Waals surface area (Å²) in [6.07, 6.45) is 0. The predicted molar refractivity (Wildman–Crippen MR) is 137 cm³/mol. The van der Waals surface area contributed by atoms with Crippen LogP contribution in [0.15, 0.2) is 78.9 Å². The van der Waals surface area contributed by atoms with Gasteiger partial charge in [-0.15, -0.1) is 0 Å².